The molecule has 3 aromatic carbocycles. The van der Waals surface area contributed by atoms with Gasteiger partial charge in [0.2, 0.25) is 5.95 Å². The van der Waals surface area contributed by atoms with Gasteiger partial charge >= 0.3 is 6.18 Å². The Morgan fingerprint density at radius 2 is 1.81 bits per heavy atom. The minimum atomic E-state index is -4.60. The van der Waals surface area contributed by atoms with Crippen LogP contribution in [0.4, 0.5) is 24.8 Å². The Kier molecular flexibility index (Phi) is 8.28. The summed E-state index contributed by atoms with van der Waals surface area (Å²) in [4.78, 5) is 23.4. The van der Waals surface area contributed by atoms with E-state index in [1.165, 1.54) is 22.8 Å². The third-order valence-electron chi connectivity index (χ3n) is 8.50. The van der Waals surface area contributed by atoms with Crippen LogP contribution in [-0.4, -0.2) is 44.0 Å². The molecule has 0 amide bonds. The third-order valence-corrected chi connectivity index (χ3v) is 8.50. The second-order valence-corrected chi connectivity index (χ2v) is 11.8. The number of rotatable bonds is 7. The maximum absolute atomic E-state index is 14.3. The number of alkyl halides is 3. The largest absolute Gasteiger partial charge is 0.416 e. The molecule has 48 heavy (non-hydrogen) atoms. The van der Waals surface area contributed by atoms with Gasteiger partial charge in [-0.1, -0.05) is 48.5 Å². The van der Waals surface area contributed by atoms with Crippen molar-refractivity contribution in [2.24, 2.45) is 7.05 Å². The fraction of sp³-hybridized carbons (Fsp3) is 0.222. The average molecular weight is 652 g/mol. The zero-order valence-electron chi connectivity index (χ0n) is 26.3. The number of anilines is 2. The maximum Gasteiger partial charge on any atom is 0.416 e. The van der Waals surface area contributed by atoms with Crippen LogP contribution >= 0.6 is 0 Å². The molecule has 1 unspecified atom stereocenters. The van der Waals surface area contributed by atoms with Gasteiger partial charge in [-0.2, -0.15) is 23.3 Å². The molecule has 6 aromatic rings. The Bertz CT molecular complexity index is 2170. The molecular formula is C36H32F3N7O2. The number of fused-ring (bicyclic) bond motifs is 1. The minimum Gasteiger partial charge on any atom is -0.371 e. The van der Waals surface area contributed by atoms with Crippen LogP contribution in [0, 0.1) is 6.92 Å². The van der Waals surface area contributed by atoms with Crippen LogP contribution in [0.1, 0.15) is 28.4 Å². The fourth-order valence-electron chi connectivity index (χ4n) is 6.07. The Morgan fingerprint density at radius 1 is 1.00 bits per heavy atom. The Morgan fingerprint density at radius 3 is 2.52 bits per heavy atom. The van der Waals surface area contributed by atoms with E-state index in [0.29, 0.717) is 28.8 Å². The number of aryl methyl sites for hydroxylation is 2. The lowest BCUT2D eigenvalue weighted by atomic mass is 9.97. The highest BCUT2D eigenvalue weighted by Crippen LogP contribution is 2.33. The van der Waals surface area contributed by atoms with Gasteiger partial charge in [0.25, 0.3) is 5.56 Å². The van der Waals surface area contributed by atoms with Gasteiger partial charge in [-0.05, 0) is 59.0 Å². The van der Waals surface area contributed by atoms with E-state index in [1.807, 2.05) is 62.6 Å². The van der Waals surface area contributed by atoms with E-state index in [1.54, 1.807) is 23.1 Å². The SMILES string of the molecule is Cc1cc(-c2cnn(C)c2)ccc1-c1cc2cnc(Nc3ccc(C4CNCCO4)cc3)nc2n(Cc2ccccc2C(F)(F)F)c1=O. The highest BCUT2D eigenvalue weighted by molar-refractivity contribution is 5.83. The molecule has 1 saturated heterocycles. The molecule has 0 saturated carbocycles. The highest BCUT2D eigenvalue weighted by Gasteiger charge is 2.33. The summed E-state index contributed by atoms with van der Waals surface area (Å²) in [6.07, 6.45) is 0.599. The first-order valence-electron chi connectivity index (χ1n) is 15.5. The molecule has 244 valence electrons. The van der Waals surface area contributed by atoms with Gasteiger partial charge in [0.1, 0.15) is 5.65 Å². The number of hydrogen-bond acceptors (Lipinski definition) is 7. The molecule has 0 bridgehead atoms. The lowest BCUT2D eigenvalue weighted by Gasteiger charge is -2.24. The molecule has 3 aromatic heterocycles. The summed E-state index contributed by atoms with van der Waals surface area (Å²) in [5.74, 6) is 0.202. The van der Waals surface area contributed by atoms with Gasteiger partial charge < -0.3 is 15.4 Å². The summed E-state index contributed by atoms with van der Waals surface area (Å²) >= 11 is 0. The van der Waals surface area contributed by atoms with Crippen LogP contribution < -0.4 is 16.2 Å². The molecule has 0 spiro atoms. The van der Waals surface area contributed by atoms with Gasteiger partial charge in [0.05, 0.1) is 31.0 Å². The second-order valence-electron chi connectivity index (χ2n) is 11.8. The van der Waals surface area contributed by atoms with Crippen molar-refractivity contribution < 1.29 is 17.9 Å². The number of nitrogens with zero attached hydrogens (tertiary/aromatic N) is 5. The summed E-state index contributed by atoms with van der Waals surface area (Å²) in [5.41, 5.74) is 4.30. The third kappa shape index (κ3) is 6.32. The smallest absolute Gasteiger partial charge is 0.371 e. The summed E-state index contributed by atoms with van der Waals surface area (Å²) in [7, 11) is 1.84. The number of ether oxygens (including phenoxy) is 1. The maximum atomic E-state index is 14.3. The topological polar surface area (TPSA) is 98.9 Å². The molecule has 9 nitrogen and oxygen atoms in total. The van der Waals surface area contributed by atoms with Crippen LogP contribution in [0.2, 0.25) is 0 Å². The van der Waals surface area contributed by atoms with Gasteiger partial charge in [-0.3, -0.25) is 14.0 Å². The van der Waals surface area contributed by atoms with Crippen molar-refractivity contribution in [3.05, 3.63) is 124 Å². The van der Waals surface area contributed by atoms with E-state index < -0.39 is 17.3 Å². The number of pyridine rings is 1. The van der Waals surface area contributed by atoms with Crippen molar-refractivity contribution in [2.75, 3.05) is 25.0 Å². The molecule has 7 rings (SSSR count). The van der Waals surface area contributed by atoms with Crippen LogP contribution in [0.25, 0.3) is 33.3 Å². The van der Waals surface area contributed by atoms with Crippen molar-refractivity contribution in [3.8, 4) is 22.3 Å². The van der Waals surface area contributed by atoms with Crippen molar-refractivity contribution in [1.82, 2.24) is 29.6 Å². The molecular weight excluding hydrogens is 619 g/mol. The van der Waals surface area contributed by atoms with Gasteiger partial charge in [0, 0.05) is 54.7 Å². The normalized spacial score (nSPS) is 15.1. The lowest BCUT2D eigenvalue weighted by molar-refractivity contribution is -0.138. The Balaban J connectivity index is 1.30. The average Bonchev–Trinajstić information content (AvgIpc) is 3.53. The minimum absolute atomic E-state index is 0.0388. The predicted octanol–water partition coefficient (Wildman–Crippen LogP) is 6.64. The van der Waals surface area contributed by atoms with E-state index in [2.05, 4.69) is 25.7 Å². The Hall–Kier alpha value is -5.33. The van der Waals surface area contributed by atoms with Crippen LogP contribution in [0.15, 0.2) is 96.2 Å². The fourth-order valence-corrected chi connectivity index (χ4v) is 6.07. The molecule has 0 aliphatic carbocycles. The van der Waals surface area contributed by atoms with E-state index in [-0.39, 0.29) is 29.8 Å². The molecule has 4 heterocycles. The predicted molar refractivity (Wildman–Crippen MR) is 178 cm³/mol. The van der Waals surface area contributed by atoms with E-state index in [9.17, 15) is 18.0 Å². The van der Waals surface area contributed by atoms with Crippen LogP contribution in [0.5, 0.6) is 0 Å². The summed E-state index contributed by atoms with van der Waals surface area (Å²) in [5, 5.41) is 11.2. The Labute approximate surface area is 274 Å². The second kappa shape index (κ2) is 12.7. The van der Waals surface area contributed by atoms with Gasteiger partial charge in [-0.25, -0.2) is 4.98 Å². The first-order chi connectivity index (χ1) is 23.1. The first-order valence-corrected chi connectivity index (χ1v) is 15.5. The van der Waals surface area contributed by atoms with Crippen molar-refractivity contribution >= 4 is 22.7 Å². The number of hydrogen-bond donors (Lipinski definition) is 2. The first kappa shape index (κ1) is 31.3. The number of benzene rings is 3. The van der Waals surface area contributed by atoms with E-state index >= 15 is 0 Å². The zero-order valence-corrected chi connectivity index (χ0v) is 26.3. The molecule has 2 N–H and O–H groups in total. The van der Waals surface area contributed by atoms with Crippen molar-refractivity contribution in [1.29, 1.82) is 0 Å². The number of aromatic nitrogens is 5. The molecule has 1 atom stereocenters. The van der Waals surface area contributed by atoms with Gasteiger partial charge in [0.15, 0.2) is 0 Å². The summed E-state index contributed by atoms with van der Waals surface area (Å²) in [6.45, 7) is 3.75. The molecule has 1 aliphatic heterocycles. The number of halogens is 3. The summed E-state index contributed by atoms with van der Waals surface area (Å²) in [6, 6.07) is 20.4. The zero-order chi connectivity index (χ0) is 33.4. The molecule has 0 radical (unpaired) electrons. The van der Waals surface area contributed by atoms with E-state index in [4.69, 9.17) is 4.74 Å². The molecule has 1 fully saturated rings. The molecule has 12 heteroatoms. The van der Waals surface area contributed by atoms with Gasteiger partial charge in [-0.15, -0.1) is 0 Å². The highest BCUT2D eigenvalue weighted by atomic mass is 19.4. The quantitative estimate of drug-likeness (QED) is 0.200. The van der Waals surface area contributed by atoms with E-state index in [0.717, 1.165) is 41.4 Å². The summed E-state index contributed by atoms with van der Waals surface area (Å²) < 4.78 is 51.0. The number of nitrogens with one attached hydrogen (secondary N) is 2. The molecule has 1 aliphatic rings. The standard InChI is InChI=1S/C36H32F3N7O2/c1-22-15-24(27-18-42-45(2)20-27)9-12-29(22)30-16-26-17-41-35(43-28-10-7-23(8-11-28)32-19-40-13-14-48-32)44-33(26)46(34(30)47)21-25-5-3-4-6-31(25)36(37,38)39/h3-12,15-18,20,32,40H,13-14,19,21H2,1-2H3,(H,41,43,44). The lowest BCUT2D eigenvalue weighted by Crippen LogP contribution is -2.33. The monoisotopic (exact) mass is 651 g/mol. The number of morpholine rings is 1. The van der Waals surface area contributed by atoms with Crippen molar-refractivity contribution in [2.45, 2.75) is 25.7 Å². The van der Waals surface area contributed by atoms with Crippen LogP contribution in [0.3, 0.4) is 0 Å². The van der Waals surface area contributed by atoms with Crippen molar-refractivity contribution in [3.63, 3.8) is 0 Å². The van der Waals surface area contributed by atoms with Crippen LogP contribution in [-0.2, 0) is 24.5 Å².